The van der Waals surface area contributed by atoms with Crippen LogP contribution in [-0.4, -0.2) is 10.9 Å². The summed E-state index contributed by atoms with van der Waals surface area (Å²) in [6.45, 7) is 4.16. The first kappa shape index (κ1) is 9.19. The van der Waals surface area contributed by atoms with Crippen LogP contribution in [0.1, 0.15) is 25.5 Å². The van der Waals surface area contributed by atoms with Crippen molar-refractivity contribution in [2.75, 3.05) is 0 Å². The molecule has 0 bridgehead atoms. The van der Waals surface area contributed by atoms with E-state index in [0.717, 1.165) is 5.56 Å². The molecule has 1 N–H and O–H groups in total. The van der Waals surface area contributed by atoms with Gasteiger partial charge in [0.1, 0.15) is 0 Å². The van der Waals surface area contributed by atoms with Crippen LogP contribution < -0.4 is 5.32 Å². The molecule has 0 aliphatic carbocycles. The van der Waals surface area contributed by atoms with Gasteiger partial charge in [-0.3, -0.25) is 9.78 Å². The number of carbonyl (C=O) groups excluding carboxylic acids is 1. The average molecular weight is 190 g/mol. The summed E-state index contributed by atoms with van der Waals surface area (Å²) in [7, 11) is 0. The molecule has 1 amide bonds. The number of aromatic nitrogens is 1. The summed E-state index contributed by atoms with van der Waals surface area (Å²) in [5.41, 5.74) is 1.15. The van der Waals surface area contributed by atoms with Crippen molar-refractivity contribution in [3.63, 3.8) is 0 Å². The van der Waals surface area contributed by atoms with Gasteiger partial charge in [-0.2, -0.15) is 0 Å². The molecule has 2 heterocycles. The van der Waals surface area contributed by atoms with E-state index in [1.54, 1.807) is 12.4 Å². The van der Waals surface area contributed by atoms with Crippen molar-refractivity contribution in [2.24, 2.45) is 11.8 Å². The lowest BCUT2D eigenvalue weighted by Crippen LogP contribution is -2.53. The average Bonchev–Trinajstić information content (AvgIpc) is 2.14. The number of carbonyl (C=O) groups is 1. The first-order chi connectivity index (χ1) is 6.70. The van der Waals surface area contributed by atoms with Crippen LogP contribution in [0.25, 0.3) is 0 Å². The Hall–Kier alpha value is -1.38. The minimum Gasteiger partial charge on any atom is -0.348 e. The van der Waals surface area contributed by atoms with E-state index in [-0.39, 0.29) is 17.9 Å². The normalized spacial score (nSPS) is 25.8. The Morgan fingerprint density at radius 2 is 2.00 bits per heavy atom. The maximum absolute atomic E-state index is 11.3. The van der Waals surface area contributed by atoms with Crippen LogP contribution in [0.5, 0.6) is 0 Å². The second-order valence-corrected chi connectivity index (χ2v) is 4.04. The van der Waals surface area contributed by atoms with Gasteiger partial charge in [0.05, 0.1) is 12.0 Å². The fourth-order valence-corrected chi connectivity index (χ4v) is 1.94. The van der Waals surface area contributed by atoms with Gasteiger partial charge in [0, 0.05) is 12.4 Å². The van der Waals surface area contributed by atoms with E-state index >= 15 is 0 Å². The number of nitrogens with one attached hydrogen (secondary N) is 1. The molecule has 2 atom stereocenters. The molecule has 1 aromatic heterocycles. The van der Waals surface area contributed by atoms with Crippen LogP contribution in [0.4, 0.5) is 0 Å². The van der Waals surface area contributed by atoms with Crippen LogP contribution >= 0.6 is 0 Å². The topological polar surface area (TPSA) is 42.0 Å². The highest BCUT2D eigenvalue weighted by Crippen LogP contribution is 2.35. The summed E-state index contributed by atoms with van der Waals surface area (Å²) < 4.78 is 0. The molecule has 0 radical (unpaired) electrons. The second-order valence-electron chi connectivity index (χ2n) is 4.04. The third-order valence-corrected chi connectivity index (χ3v) is 2.74. The van der Waals surface area contributed by atoms with Crippen LogP contribution in [-0.2, 0) is 4.79 Å². The highest BCUT2D eigenvalue weighted by molar-refractivity contribution is 5.86. The molecule has 0 spiro atoms. The van der Waals surface area contributed by atoms with Crippen molar-refractivity contribution in [1.29, 1.82) is 0 Å². The van der Waals surface area contributed by atoms with E-state index in [0.29, 0.717) is 5.92 Å². The van der Waals surface area contributed by atoms with E-state index in [9.17, 15) is 4.79 Å². The van der Waals surface area contributed by atoms with Gasteiger partial charge in [0.2, 0.25) is 5.91 Å². The van der Waals surface area contributed by atoms with Crippen molar-refractivity contribution < 1.29 is 4.79 Å². The van der Waals surface area contributed by atoms with Crippen molar-refractivity contribution in [1.82, 2.24) is 10.3 Å². The van der Waals surface area contributed by atoms with Crippen molar-refractivity contribution >= 4 is 5.91 Å². The first-order valence-corrected chi connectivity index (χ1v) is 4.90. The minimum atomic E-state index is 0.123. The monoisotopic (exact) mass is 190 g/mol. The number of amides is 1. The summed E-state index contributed by atoms with van der Waals surface area (Å²) >= 11 is 0. The van der Waals surface area contributed by atoms with E-state index in [2.05, 4.69) is 24.1 Å². The Morgan fingerprint density at radius 3 is 2.50 bits per heavy atom. The first-order valence-electron chi connectivity index (χ1n) is 4.90. The largest absolute Gasteiger partial charge is 0.348 e. The third kappa shape index (κ3) is 1.39. The van der Waals surface area contributed by atoms with Gasteiger partial charge >= 0.3 is 0 Å². The molecule has 74 valence electrons. The highest BCUT2D eigenvalue weighted by Gasteiger charge is 2.41. The summed E-state index contributed by atoms with van der Waals surface area (Å²) in [4.78, 5) is 15.3. The highest BCUT2D eigenvalue weighted by atomic mass is 16.2. The number of hydrogen-bond donors (Lipinski definition) is 1. The predicted octanol–water partition coefficient (Wildman–Crippen LogP) is 1.52. The Kier molecular flexibility index (Phi) is 2.23. The van der Waals surface area contributed by atoms with E-state index in [1.165, 1.54) is 0 Å². The molecule has 14 heavy (non-hydrogen) atoms. The third-order valence-electron chi connectivity index (χ3n) is 2.74. The molecule has 3 heteroatoms. The Morgan fingerprint density at radius 1 is 1.36 bits per heavy atom. The molecule has 1 aliphatic heterocycles. The quantitative estimate of drug-likeness (QED) is 0.718. The molecular formula is C11H14N2O. The van der Waals surface area contributed by atoms with Crippen LogP contribution in [0.15, 0.2) is 24.5 Å². The van der Waals surface area contributed by atoms with Gasteiger partial charge in [0.25, 0.3) is 0 Å². The molecule has 2 unspecified atom stereocenters. The standard InChI is InChI=1S/C11H14N2O/c1-7(2)9-10(13-11(9)14)8-3-5-12-6-4-8/h3-7,9-10H,1-2H3,(H,13,14). The van der Waals surface area contributed by atoms with Crippen LogP contribution in [0.3, 0.4) is 0 Å². The van der Waals surface area contributed by atoms with Crippen molar-refractivity contribution in [3.8, 4) is 0 Å². The minimum absolute atomic E-state index is 0.123. The molecule has 1 saturated heterocycles. The Labute approximate surface area is 83.5 Å². The molecule has 1 fully saturated rings. The Balaban J connectivity index is 2.18. The lowest BCUT2D eigenvalue weighted by atomic mass is 9.78. The molecule has 1 aromatic rings. The maximum Gasteiger partial charge on any atom is 0.226 e. The molecule has 2 rings (SSSR count). The smallest absolute Gasteiger partial charge is 0.226 e. The number of pyridine rings is 1. The number of hydrogen-bond acceptors (Lipinski definition) is 2. The zero-order valence-corrected chi connectivity index (χ0v) is 8.40. The van der Waals surface area contributed by atoms with Gasteiger partial charge in [-0.1, -0.05) is 13.8 Å². The lowest BCUT2D eigenvalue weighted by molar-refractivity contribution is -0.137. The lowest BCUT2D eigenvalue weighted by Gasteiger charge is -2.39. The van der Waals surface area contributed by atoms with E-state index in [1.807, 2.05) is 12.1 Å². The van der Waals surface area contributed by atoms with Gasteiger partial charge < -0.3 is 5.32 Å². The molecular weight excluding hydrogens is 176 g/mol. The molecule has 1 aliphatic rings. The fourth-order valence-electron chi connectivity index (χ4n) is 1.94. The van der Waals surface area contributed by atoms with Crippen molar-refractivity contribution in [2.45, 2.75) is 19.9 Å². The van der Waals surface area contributed by atoms with E-state index < -0.39 is 0 Å². The van der Waals surface area contributed by atoms with E-state index in [4.69, 9.17) is 0 Å². The molecule has 3 nitrogen and oxygen atoms in total. The SMILES string of the molecule is CC(C)C1C(=O)NC1c1ccncc1. The Bertz CT molecular complexity index is 334. The van der Waals surface area contributed by atoms with Crippen LogP contribution in [0.2, 0.25) is 0 Å². The van der Waals surface area contributed by atoms with Gasteiger partial charge in [-0.15, -0.1) is 0 Å². The summed E-state index contributed by atoms with van der Waals surface area (Å²) in [6, 6.07) is 4.10. The van der Waals surface area contributed by atoms with Gasteiger partial charge in [0.15, 0.2) is 0 Å². The molecule has 0 aromatic carbocycles. The second kappa shape index (κ2) is 3.40. The number of nitrogens with zero attached hydrogens (tertiary/aromatic N) is 1. The van der Waals surface area contributed by atoms with Crippen LogP contribution in [0, 0.1) is 11.8 Å². The zero-order chi connectivity index (χ0) is 10.1. The summed E-state index contributed by atoms with van der Waals surface area (Å²) in [6.07, 6.45) is 3.52. The zero-order valence-electron chi connectivity index (χ0n) is 8.40. The number of rotatable bonds is 2. The fraction of sp³-hybridized carbons (Fsp3) is 0.455. The maximum atomic E-state index is 11.3. The van der Waals surface area contributed by atoms with Gasteiger partial charge in [-0.25, -0.2) is 0 Å². The molecule has 0 saturated carbocycles. The predicted molar refractivity (Wildman–Crippen MR) is 53.4 cm³/mol. The number of β-lactam (4-membered cyclic amide) rings is 1. The summed E-state index contributed by atoms with van der Waals surface area (Å²) in [5, 5.41) is 2.92. The summed E-state index contributed by atoms with van der Waals surface area (Å²) in [5.74, 6) is 0.682. The van der Waals surface area contributed by atoms with Gasteiger partial charge in [-0.05, 0) is 23.6 Å². The van der Waals surface area contributed by atoms with Crippen molar-refractivity contribution in [3.05, 3.63) is 30.1 Å².